The van der Waals surface area contributed by atoms with Crippen molar-refractivity contribution in [2.45, 2.75) is 116 Å². The first kappa shape index (κ1) is 37.2. The summed E-state index contributed by atoms with van der Waals surface area (Å²) in [4.78, 5) is 44.2. The van der Waals surface area contributed by atoms with Crippen LogP contribution < -0.4 is 5.73 Å². The molecule has 0 aliphatic rings. The Bertz CT molecular complexity index is 731. The van der Waals surface area contributed by atoms with Gasteiger partial charge in [0.25, 0.3) is 0 Å². The van der Waals surface area contributed by atoms with E-state index in [2.05, 4.69) is 23.6 Å². The fourth-order valence-electron chi connectivity index (χ4n) is 3.55. The second-order valence-electron chi connectivity index (χ2n) is 9.41. The molecule has 0 spiro atoms. The van der Waals surface area contributed by atoms with Gasteiger partial charge in [-0.2, -0.15) is 0 Å². The molecule has 0 fully saturated rings. The summed E-state index contributed by atoms with van der Waals surface area (Å²) in [5.41, 5.74) is 5.22. The second-order valence-corrected chi connectivity index (χ2v) is 10.9. The fraction of sp³-hybridized carbons (Fsp3) is 0.815. The van der Waals surface area contributed by atoms with Crippen LogP contribution in [0.25, 0.3) is 0 Å². The van der Waals surface area contributed by atoms with Gasteiger partial charge in [0.05, 0.1) is 26.1 Å². The predicted molar refractivity (Wildman–Crippen MR) is 148 cm³/mol. The Morgan fingerprint density at radius 3 is 1.97 bits per heavy atom. The van der Waals surface area contributed by atoms with E-state index >= 15 is 0 Å². The first-order chi connectivity index (χ1) is 18.7. The van der Waals surface area contributed by atoms with Crippen LogP contribution in [0.2, 0.25) is 0 Å². The molecule has 0 bridgehead atoms. The number of carboxylic acids is 1. The van der Waals surface area contributed by atoms with E-state index < -0.39 is 57.9 Å². The van der Waals surface area contributed by atoms with Crippen LogP contribution in [0.5, 0.6) is 0 Å². The number of aliphatic carboxylic acids is 1. The lowest BCUT2D eigenvalue weighted by Crippen LogP contribution is -2.29. The molecule has 2 atom stereocenters. The van der Waals surface area contributed by atoms with Crippen LogP contribution in [0.3, 0.4) is 0 Å². The number of hydrogen-bond donors (Lipinski definition) is 3. The molecular formula is C27H50NO10P. The summed E-state index contributed by atoms with van der Waals surface area (Å²) in [6.45, 7) is 1.02. The normalized spacial score (nSPS) is 13.7. The number of nitrogens with two attached hydrogens (primary N) is 1. The third-order valence-corrected chi connectivity index (χ3v) is 6.69. The molecule has 0 aromatic rings. The molecule has 11 nitrogen and oxygen atoms in total. The minimum Gasteiger partial charge on any atom is -0.481 e. The van der Waals surface area contributed by atoms with Crippen molar-refractivity contribution >= 4 is 25.7 Å². The smallest absolute Gasteiger partial charge is 0.472 e. The number of esters is 2. The summed E-state index contributed by atoms with van der Waals surface area (Å²) >= 11 is 0. The van der Waals surface area contributed by atoms with Gasteiger partial charge in [0.2, 0.25) is 0 Å². The molecule has 0 radical (unpaired) electrons. The van der Waals surface area contributed by atoms with Crippen LogP contribution in [0, 0.1) is 0 Å². The fourth-order valence-corrected chi connectivity index (χ4v) is 4.32. The largest absolute Gasteiger partial charge is 0.481 e. The minimum atomic E-state index is -4.44. The Labute approximate surface area is 233 Å². The number of rotatable bonds is 27. The van der Waals surface area contributed by atoms with Gasteiger partial charge < -0.3 is 25.2 Å². The van der Waals surface area contributed by atoms with Gasteiger partial charge in [0, 0.05) is 13.0 Å². The number of allylic oxidation sites excluding steroid dienone is 2. The van der Waals surface area contributed by atoms with Crippen molar-refractivity contribution in [3.05, 3.63) is 12.2 Å². The third kappa shape index (κ3) is 26.2. The highest BCUT2D eigenvalue weighted by molar-refractivity contribution is 7.47. The molecule has 0 aromatic heterocycles. The van der Waals surface area contributed by atoms with E-state index in [1.54, 1.807) is 0 Å². The maximum Gasteiger partial charge on any atom is 0.472 e. The van der Waals surface area contributed by atoms with Crippen LogP contribution in [-0.2, 0) is 37.5 Å². The topological polar surface area (TPSA) is 172 Å². The highest BCUT2D eigenvalue weighted by Gasteiger charge is 2.26. The quantitative estimate of drug-likeness (QED) is 0.0490. The van der Waals surface area contributed by atoms with Gasteiger partial charge in [0.1, 0.15) is 6.61 Å². The first-order valence-corrected chi connectivity index (χ1v) is 15.7. The maximum atomic E-state index is 12.1. The Balaban J connectivity index is 4.12. The molecule has 0 heterocycles. The summed E-state index contributed by atoms with van der Waals surface area (Å²) in [6, 6.07) is 0. The lowest BCUT2D eigenvalue weighted by Gasteiger charge is -2.19. The maximum absolute atomic E-state index is 12.1. The number of phosphoric acid groups is 1. The van der Waals surface area contributed by atoms with Crippen LogP contribution in [0.15, 0.2) is 12.2 Å². The molecule has 0 saturated carbocycles. The number of unbranched alkanes of at least 4 members (excludes halogenated alkanes) is 11. The van der Waals surface area contributed by atoms with Crippen LogP contribution in [-0.4, -0.2) is 60.4 Å². The lowest BCUT2D eigenvalue weighted by atomic mass is 10.1. The number of carboxylic acid groups (broad SMARTS) is 1. The van der Waals surface area contributed by atoms with Crippen LogP contribution >= 0.6 is 7.82 Å². The van der Waals surface area contributed by atoms with Crippen molar-refractivity contribution in [1.29, 1.82) is 0 Å². The number of hydrogen-bond acceptors (Lipinski definition) is 9. The monoisotopic (exact) mass is 579 g/mol. The molecule has 0 aliphatic carbocycles. The van der Waals surface area contributed by atoms with E-state index in [0.29, 0.717) is 6.42 Å². The zero-order valence-corrected chi connectivity index (χ0v) is 24.5. The third-order valence-electron chi connectivity index (χ3n) is 5.71. The van der Waals surface area contributed by atoms with Crippen molar-refractivity contribution in [3.63, 3.8) is 0 Å². The van der Waals surface area contributed by atoms with Gasteiger partial charge in [-0.3, -0.25) is 23.4 Å². The summed E-state index contributed by atoms with van der Waals surface area (Å²) in [5.74, 6) is -2.54. The summed E-state index contributed by atoms with van der Waals surface area (Å²) in [7, 11) is -4.44. The Morgan fingerprint density at radius 2 is 1.38 bits per heavy atom. The highest BCUT2D eigenvalue weighted by atomic mass is 31.2. The first-order valence-electron chi connectivity index (χ1n) is 14.2. The SMILES string of the molecule is CCCCCCCC/C=C\CCCCCCCC(=O)OC[C@H](COP(=O)(O)OCCN)OC(=O)CCC(=O)O. The van der Waals surface area contributed by atoms with Crippen LogP contribution in [0.4, 0.5) is 0 Å². The van der Waals surface area contributed by atoms with E-state index in [1.165, 1.54) is 38.5 Å². The standard InChI is InChI=1S/C27H50NO10P/c1-2-3-4-5-6-7-8-9-10-11-12-13-14-15-16-17-26(31)35-22-24(38-27(32)19-18-25(29)30)23-37-39(33,34)36-21-20-28/h9-10,24H,2-8,11-23,28H2,1H3,(H,29,30)(H,33,34)/b10-9-/t24-/m1/s1. The molecule has 0 rings (SSSR count). The van der Waals surface area contributed by atoms with Crippen LogP contribution in [0.1, 0.15) is 110 Å². The molecule has 39 heavy (non-hydrogen) atoms. The van der Waals surface area contributed by atoms with E-state index in [4.69, 9.17) is 24.8 Å². The van der Waals surface area contributed by atoms with Crippen molar-refractivity contribution < 1.29 is 47.5 Å². The van der Waals surface area contributed by atoms with Crippen molar-refractivity contribution in [2.75, 3.05) is 26.4 Å². The van der Waals surface area contributed by atoms with E-state index in [9.17, 15) is 23.8 Å². The van der Waals surface area contributed by atoms with E-state index in [1.807, 2.05) is 0 Å². The second kappa shape index (κ2) is 25.2. The number of phosphoric ester groups is 1. The van der Waals surface area contributed by atoms with Crippen molar-refractivity contribution in [3.8, 4) is 0 Å². The molecule has 228 valence electrons. The molecule has 0 aromatic carbocycles. The van der Waals surface area contributed by atoms with Gasteiger partial charge >= 0.3 is 25.7 Å². The average molecular weight is 580 g/mol. The number of carbonyl (C=O) groups is 3. The van der Waals surface area contributed by atoms with Gasteiger partial charge in [0.15, 0.2) is 6.10 Å². The zero-order chi connectivity index (χ0) is 29.2. The van der Waals surface area contributed by atoms with E-state index in [0.717, 1.165) is 38.5 Å². The summed E-state index contributed by atoms with van der Waals surface area (Å²) in [6.07, 6.45) is 17.6. The van der Waals surface area contributed by atoms with E-state index in [-0.39, 0.29) is 19.6 Å². The van der Waals surface area contributed by atoms with Gasteiger partial charge in [-0.25, -0.2) is 4.57 Å². The molecule has 4 N–H and O–H groups in total. The summed E-state index contributed by atoms with van der Waals surface area (Å²) in [5, 5.41) is 8.69. The Hall–Kier alpha value is -1.78. The highest BCUT2D eigenvalue weighted by Crippen LogP contribution is 2.43. The zero-order valence-electron chi connectivity index (χ0n) is 23.6. The van der Waals surface area contributed by atoms with Gasteiger partial charge in [-0.15, -0.1) is 0 Å². The van der Waals surface area contributed by atoms with Crippen molar-refractivity contribution in [2.24, 2.45) is 5.73 Å². The van der Waals surface area contributed by atoms with Crippen molar-refractivity contribution in [1.82, 2.24) is 0 Å². The molecule has 0 saturated heterocycles. The minimum absolute atomic E-state index is 0.00448. The predicted octanol–water partition coefficient (Wildman–Crippen LogP) is 5.44. The Kier molecular flexibility index (Phi) is 24.1. The summed E-state index contributed by atoms with van der Waals surface area (Å²) < 4.78 is 31.4. The number of ether oxygens (including phenoxy) is 2. The molecule has 12 heteroatoms. The molecular weight excluding hydrogens is 529 g/mol. The average Bonchev–Trinajstić information content (AvgIpc) is 2.90. The van der Waals surface area contributed by atoms with Gasteiger partial charge in [-0.1, -0.05) is 70.4 Å². The molecule has 0 amide bonds. The molecule has 0 aliphatic heterocycles. The number of carbonyl (C=O) groups excluding carboxylic acids is 2. The lowest BCUT2D eigenvalue weighted by molar-refractivity contribution is -0.162. The Morgan fingerprint density at radius 1 is 0.795 bits per heavy atom. The van der Waals surface area contributed by atoms with Gasteiger partial charge in [-0.05, 0) is 32.1 Å². The molecule has 1 unspecified atom stereocenters.